The molecule has 2 aromatic rings. The van der Waals surface area contributed by atoms with E-state index in [-0.39, 0.29) is 18.4 Å². The number of methoxy groups -OCH3 is 1. The Labute approximate surface area is 142 Å². The van der Waals surface area contributed by atoms with Gasteiger partial charge in [0.2, 0.25) is 0 Å². The molecule has 0 bridgehead atoms. The van der Waals surface area contributed by atoms with E-state index in [9.17, 15) is 9.59 Å². The Kier molecular flexibility index (Phi) is 4.57. The van der Waals surface area contributed by atoms with Gasteiger partial charge >= 0.3 is 5.97 Å². The molecule has 7 nitrogen and oxygen atoms in total. The average molecular weight is 350 g/mol. The number of thiazole rings is 1. The summed E-state index contributed by atoms with van der Waals surface area (Å²) in [5.74, 6) is 0.399. The molecule has 0 unspecified atom stereocenters. The van der Waals surface area contributed by atoms with E-state index < -0.39 is 5.97 Å². The van der Waals surface area contributed by atoms with Crippen LogP contribution in [0.1, 0.15) is 13.8 Å². The van der Waals surface area contributed by atoms with Crippen molar-refractivity contribution in [1.82, 2.24) is 4.57 Å². The van der Waals surface area contributed by atoms with Crippen molar-refractivity contribution in [2.75, 3.05) is 20.3 Å². The number of benzene rings is 1. The first kappa shape index (κ1) is 16.5. The van der Waals surface area contributed by atoms with Crippen molar-refractivity contribution < 1.29 is 23.8 Å². The van der Waals surface area contributed by atoms with E-state index in [4.69, 9.17) is 14.2 Å². The van der Waals surface area contributed by atoms with Crippen LogP contribution >= 0.6 is 11.3 Å². The van der Waals surface area contributed by atoms with Crippen LogP contribution in [0.15, 0.2) is 17.1 Å². The quantitative estimate of drug-likeness (QED) is 0.788. The fourth-order valence-corrected chi connectivity index (χ4v) is 3.31. The van der Waals surface area contributed by atoms with Crippen molar-refractivity contribution in [1.29, 1.82) is 0 Å². The highest BCUT2D eigenvalue weighted by Gasteiger charge is 2.18. The molecule has 128 valence electrons. The van der Waals surface area contributed by atoms with E-state index in [1.165, 1.54) is 18.4 Å². The van der Waals surface area contributed by atoms with Crippen LogP contribution in [0, 0.1) is 5.92 Å². The number of fused-ring (bicyclic) bond motifs is 2. The molecular formula is C16H18N2O5S. The van der Waals surface area contributed by atoms with Gasteiger partial charge in [-0.25, -0.2) is 0 Å². The molecule has 0 saturated carbocycles. The number of hydrogen-bond acceptors (Lipinski definition) is 6. The first-order chi connectivity index (χ1) is 11.5. The van der Waals surface area contributed by atoms with E-state index in [1.54, 1.807) is 18.4 Å². The van der Waals surface area contributed by atoms with Crippen LogP contribution in [0.2, 0.25) is 0 Å². The van der Waals surface area contributed by atoms with Gasteiger partial charge in [-0.05, 0) is 0 Å². The van der Waals surface area contributed by atoms with Crippen molar-refractivity contribution in [3.63, 3.8) is 0 Å². The second kappa shape index (κ2) is 6.64. The van der Waals surface area contributed by atoms with Crippen LogP contribution in [0.25, 0.3) is 10.2 Å². The lowest BCUT2D eigenvalue weighted by Gasteiger charge is -2.18. The Bertz CT molecular complexity index is 865. The summed E-state index contributed by atoms with van der Waals surface area (Å²) >= 11 is 1.33. The van der Waals surface area contributed by atoms with Gasteiger partial charge in [-0.3, -0.25) is 9.59 Å². The maximum atomic E-state index is 12.0. The molecule has 0 fully saturated rings. The highest BCUT2D eigenvalue weighted by molar-refractivity contribution is 7.16. The van der Waals surface area contributed by atoms with Crippen LogP contribution < -0.4 is 14.3 Å². The summed E-state index contributed by atoms with van der Waals surface area (Å²) in [7, 11) is 1.33. The highest BCUT2D eigenvalue weighted by Crippen LogP contribution is 2.35. The Morgan fingerprint density at radius 2 is 1.96 bits per heavy atom. The molecule has 1 amide bonds. The van der Waals surface area contributed by atoms with Crippen LogP contribution in [-0.4, -0.2) is 36.8 Å². The zero-order valence-corrected chi connectivity index (χ0v) is 14.5. The predicted molar refractivity (Wildman–Crippen MR) is 88.2 cm³/mol. The van der Waals surface area contributed by atoms with Gasteiger partial charge in [0.25, 0.3) is 5.91 Å². The summed E-state index contributed by atoms with van der Waals surface area (Å²) in [6.45, 7) is 4.51. The van der Waals surface area contributed by atoms with Gasteiger partial charge < -0.3 is 18.8 Å². The summed E-state index contributed by atoms with van der Waals surface area (Å²) in [6, 6.07) is 3.66. The van der Waals surface area contributed by atoms with Gasteiger partial charge in [-0.2, -0.15) is 4.99 Å². The fraction of sp³-hybridized carbons (Fsp3) is 0.438. The Hall–Kier alpha value is -2.35. The standard InChI is InChI=1S/C16H18N2O5S/c1-9(2)15(20)17-16-18(8-14(19)21-3)10-6-11-12(7-13(10)24-16)23-5-4-22-11/h6-7,9H,4-5,8H2,1-3H3. The minimum Gasteiger partial charge on any atom is -0.486 e. The third-order valence-electron chi connectivity index (χ3n) is 3.56. The van der Waals surface area contributed by atoms with E-state index >= 15 is 0 Å². The summed E-state index contributed by atoms with van der Waals surface area (Å²) in [4.78, 5) is 28.4. The molecule has 1 aliphatic heterocycles. The number of aromatic nitrogens is 1. The van der Waals surface area contributed by atoms with Crippen molar-refractivity contribution in [3.8, 4) is 11.5 Å². The van der Waals surface area contributed by atoms with Crippen molar-refractivity contribution >= 4 is 33.4 Å². The summed E-state index contributed by atoms with van der Waals surface area (Å²) in [5, 5.41) is 0. The van der Waals surface area contributed by atoms with Crippen molar-refractivity contribution in [3.05, 3.63) is 16.9 Å². The number of amides is 1. The molecule has 0 atom stereocenters. The summed E-state index contributed by atoms with van der Waals surface area (Å²) in [5.41, 5.74) is 0.755. The van der Waals surface area contributed by atoms with Crippen LogP contribution in [0.4, 0.5) is 0 Å². The molecule has 2 heterocycles. The van der Waals surface area contributed by atoms with E-state index in [0.29, 0.717) is 29.5 Å². The third-order valence-corrected chi connectivity index (χ3v) is 4.60. The van der Waals surface area contributed by atoms with Gasteiger partial charge in [0, 0.05) is 18.1 Å². The molecule has 1 aromatic carbocycles. The number of carbonyl (C=O) groups excluding carboxylic acids is 2. The molecular weight excluding hydrogens is 332 g/mol. The maximum Gasteiger partial charge on any atom is 0.325 e. The average Bonchev–Trinajstić information content (AvgIpc) is 2.89. The molecule has 1 aromatic heterocycles. The van der Waals surface area contributed by atoms with Crippen molar-refractivity contribution in [2.24, 2.45) is 10.9 Å². The number of hydrogen-bond donors (Lipinski definition) is 0. The lowest BCUT2D eigenvalue weighted by molar-refractivity contribution is -0.141. The maximum absolute atomic E-state index is 12.0. The second-order valence-corrected chi connectivity index (χ2v) is 6.62. The lowest BCUT2D eigenvalue weighted by Crippen LogP contribution is -2.23. The normalized spacial score (nSPS) is 14.2. The largest absolute Gasteiger partial charge is 0.486 e. The SMILES string of the molecule is COC(=O)Cn1c(=NC(=O)C(C)C)sc2cc3c(cc21)OCCO3. The van der Waals surface area contributed by atoms with Gasteiger partial charge in [0.15, 0.2) is 16.3 Å². The first-order valence-electron chi connectivity index (χ1n) is 7.58. The predicted octanol–water partition coefficient (Wildman–Crippen LogP) is 1.73. The van der Waals surface area contributed by atoms with Gasteiger partial charge in [-0.15, -0.1) is 0 Å². The molecule has 0 radical (unpaired) electrons. The summed E-state index contributed by atoms with van der Waals surface area (Å²) in [6.07, 6.45) is 0. The zero-order valence-electron chi connectivity index (χ0n) is 13.7. The second-order valence-electron chi connectivity index (χ2n) is 5.62. The first-order valence-corrected chi connectivity index (χ1v) is 8.39. The van der Waals surface area contributed by atoms with E-state index in [1.807, 2.05) is 12.1 Å². The van der Waals surface area contributed by atoms with Gasteiger partial charge in [0.1, 0.15) is 19.8 Å². The minimum atomic E-state index is -0.414. The Morgan fingerprint density at radius 1 is 1.29 bits per heavy atom. The minimum absolute atomic E-state index is 0.0274. The molecule has 0 N–H and O–H groups in total. The van der Waals surface area contributed by atoms with Gasteiger partial charge in [-0.1, -0.05) is 25.2 Å². The van der Waals surface area contributed by atoms with Crippen LogP contribution in [-0.2, 0) is 20.9 Å². The Balaban J connectivity index is 2.20. The number of nitrogens with zero attached hydrogens (tertiary/aromatic N) is 2. The van der Waals surface area contributed by atoms with Crippen LogP contribution in [0.5, 0.6) is 11.5 Å². The molecule has 0 spiro atoms. The third kappa shape index (κ3) is 3.14. The molecule has 0 saturated heterocycles. The van der Waals surface area contributed by atoms with E-state index in [0.717, 1.165) is 10.2 Å². The number of ether oxygens (including phenoxy) is 3. The van der Waals surface area contributed by atoms with E-state index in [2.05, 4.69) is 4.99 Å². The molecule has 8 heteroatoms. The lowest BCUT2D eigenvalue weighted by atomic mass is 10.2. The van der Waals surface area contributed by atoms with Crippen LogP contribution in [0.3, 0.4) is 0 Å². The summed E-state index contributed by atoms with van der Waals surface area (Å²) < 4.78 is 18.5. The molecule has 3 rings (SSSR count). The fourth-order valence-electron chi connectivity index (χ4n) is 2.26. The molecule has 1 aliphatic rings. The molecule has 24 heavy (non-hydrogen) atoms. The number of carbonyl (C=O) groups is 2. The number of rotatable bonds is 3. The zero-order chi connectivity index (χ0) is 17.3. The highest BCUT2D eigenvalue weighted by atomic mass is 32.1. The smallest absolute Gasteiger partial charge is 0.325 e. The Morgan fingerprint density at radius 3 is 2.58 bits per heavy atom. The van der Waals surface area contributed by atoms with Gasteiger partial charge in [0.05, 0.1) is 17.3 Å². The molecule has 0 aliphatic carbocycles. The number of esters is 1. The monoisotopic (exact) mass is 350 g/mol. The van der Waals surface area contributed by atoms with Crippen molar-refractivity contribution in [2.45, 2.75) is 20.4 Å². The topological polar surface area (TPSA) is 79.1 Å².